The highest BCUT2D eigenvalue weighted by atomic mass is 16.5. The molecule has 25 heavy (non-hydrogen) atoms. The van der Waals surface area contributed by atoms with Crippen LogP contribution in [0.5, 0.6) is 5.75 Å². The Morgan fingerprint density at radius 3 is 2.24 bits per heavy atom. The minimum Gasteiger partial charge on any atom is -0.497 e. The summed E-state index contributed by atoms with van der Waals surface area (Å²) >= 11 is 0. The van der Waals surface area contributed by atoms with Crippen LogP contribution in [-0.2, 0) is 6.42 Å². The van der Waals surface area contributed by atoms with E-state index in [9.17, 15) is 0 Å². The Labute approximate surface area is 153 Å². The first-order valence-electron chi connectivity index (χ1n) is 9.40. The number of hydrogen-bond acceptors (Lipinski definition) is 3. The lowest BCUT2D eigenvalue weighted by Crippen LogP contribution is -2.29. The Kier molecular flexibility index (Phi) is 8.50. The van der Waals surface area contributed by atoms with Crippen LogP contribution in [0.3, 0.4) is 0 Å². The van der Waals surface area contributed by atoms with Crippen LogP contribution in [0.15, 0.2) is 54.6 Å². The summed E-state index contributed by atoms with van der Waals surface area (Å²) in [4.78, 5) is 2.47. The number of hydrogen-bond donors (Lipinski definition) is 1. The average molecular weight is 341 g/mol. The predicted octanol–water partition coefficient (Wildman–Crippen LogP) is 4.30. The molecule has 2 rings (SSSR count). The van der Waals surface area contributed by atoms with Crippen LogP contribution >= 0.6 is 0 Å². The van der Waals surface area contributed by atoms with Crippen molar-refractivity contribution in [3.63, 3.8) is 0 Å². The number of ether oxygens (including phenoxy) is 1. The lowest BCUT2D eigenvalue weighted by molar-refractivity contribution is 0.295. The molecule has 0 amide bonds. The standard InChI is InChI=1S/C22H32N2O/c1-4-24(5-2)17-9-16-23-22(18-19-10-7-6-8-11-19)20-12-14-21(25-3)15-13-20/h6-8,10-15,22-23H,4-5,9,16-18H2,1-3H3/t22-/m0/s1. The molecule has 2 aromatic rings. The Balaban J connectivity index is 1.98. The number of benzene rings is 2. The van der Waals surface area contributed by atoms with Crippen molar-refractivity contribution in [1.82, 2.24) is 10.2 Å². The third-order valence-corrected chi connectivity index (χ3v) is 4.74. The van der Waals surface area contributed by atoms with Gasteiger partial charge < -0.3 is 15.0 Å². The Morgan fingerprint density at radius 1 is 0.960 bits per heavy atom. The van der Waals surface area contributed by atoms with Gasteiger partial charge in [-0.1, -0.05) is 56.3 Å². The second-order valence-corrected chi connectivity index (χ2v) is 6.35. The molecule has 0 radical (unpaired) electrons. The zero-order valence-corrected chi connectivity index (χ0v) is 15.9. The fourth-order valence-corrected chi connectivity index (χ4v) is 3.11. The van der Waals surface area contributed by atoms with Gasteiger partial charge in [0.05, 0.1) is 7.11 Å². The highest BCUT2D eigenvalue weighted by Crippen LogP contribution is 2.21. The lowest BCUT2D eigenvalue weighted by atomic mass is 9.98. The molecule has 0 aliphatic carbocycles. The first-order valence-corrected chi connectivity index (χ1v) is 9.40. The molecule has 1 atom stereocenters. The van der Waals surface area contributed by atoms with E-state index in [4.69, 9.17) is 4.74 Å². The molecule has 0 aliphatic heterocycles. The van der Waals surface area contributed by atoms with Gasteiger partial charge in [-0.15, -0.1) is 0 Å². The van der Waals surface area contributed by atoms with Gasteiger partial charge in [0.15, 0.2) is 0 Å². The van der Waals surface area contributed by atoms with Crippen molar-refractivity contribution in [3.8, 4) is 5.75 Å². The summed E-state index contributed by atoms with van der Waals surface area (Å²) in [6, 6.07) is 19.5. The molecule has 0 fully saturated rings. The van der Waals surface area contributed by atoms with Gasteiger partial charge >= 0.3 is 0 Å². The molecule has 136 valence electrons. The summed E-state index contributed by atoms with van der Waals surface area (Å²) < 4.78 is 5.29. The van der Waals surface area contributed by atoms with Gasteiger partial charge in [0.25, 0.3) is 0 Å². The molecule has 0 spiro atoms. The predicted molar refractivity (Wildman–Crippen MR) is 106 cm³/mol. The summed E-state index contributed by atoms with van der Waals surface area (Å²) in [6.07, 6.45) is 2.17. The van der Waals surface area contributed by atoms with E-state index in [0.29, 0.717) is 6.04 Å². The molecular formula is C22H32N2O. The van der Waals surface area contributed by atoms with Gasteiger partial charge in [-0.05, 0) is 62.3 Å². The highest BCUT2D eigenvalue weighted by molar-refractivity contribution is 5.30. The number of rotatable bonds is 11. The van der Waals surface area contributed by atoms with Crippen LogP contribution in [-0.4, -0.2) is 38.2 Å². The van der Waals surface area contributed by atoms with Crippen molar-refractivity contribution in [2.45, 2.75) is 32.7 Å². The Hall–Kier alpha value is -1.84. The Morgan fingerprint density at radius 2 is 1.64 bits per heavy atom. The quantitative estimate of drug-likeness (QED) is 0.617. The molecule has 0 unspecified atom stereocenters. The minimum atomic E-state index is 0.324. The smallest absolute Gasteiger partial charge is 0.118 e. The van der Waals surface area contributed by atoms with Crippen molar-refractivity contribution < 1.29 is 4.74 Å². The molecular weight excluding hydrogens is 308 g/mol. The highest BCUT2D eigenvalue weighted by Gasteiger charge is 2.12. The molecule has 3 heteroatoms. The van der Waals surface area contributed by atoms with E-state index in [1.54, 1.807) is 7.11 Å². The lowest BCUT2D eigenvalue weighted by Gasteiger charge is -2.22. The summed E-state index contributed by atoms with van der Waals surface area (Å²) in [6.45, 7) is 8.89. The van der Waals surface area contributed by atoms with Gasteiger partial charge in [-0.25, -0.2) is 0 Å². The third-order valence-electron chi connectivity index (χ3n) is 4.74. The van der Waals surface area contributed by atoms with Crippen molar-refractivity contribution >= 4 is 0 Å². The maximum absolute atomic E-state index is 5.29. The van der Waals surface area contributed by atoms with Crippen molar-refractivity contribution in [1.29, 1.82) is 0 Å². The molecule has 2 aromatic carbocycles. The number of nitrogens with one attached hydrogen (secondary N) is 1. The Bertz CT molecular complexity index is 579. The van der Waals surface area contributed by atoms with Crippen LogP contribution in [0.4, 0.5) is 0 Å². The molecule has 0 saturated heterocycles. The minimum absolute atomic E-state index is 0.324. The molecule has 0 aromatic heterocycles. The van der Waals surface area contributed by atoms with Crippen LogP contribution in [0, 0.1) is 0 Å². The van der Waals surface area contributed by atoms with Gasteiger partial charge in [0.2, 0.25) is 0 Å². The third kappa shape index (κ3) is 6.52. The van der Waals surface area contributed by atoms with Crippen molar-refractivity contribution in [2.75, 3.05) is 33.3 Å². The van der Waals surface area contributed by atoms with Gasteiger partial charge in [-0.3, -0.25) is 0 Å². The van der Waals surface area contributed by atoms with Crippen LogP contribution in [0.25, 0.3) is 0 Å². The number of methoxy groups -OCH3 is 1. The largest absolute Gasteiger partial charge is 0.497 e. The summed E-state index contributed by atoms with van der Waals surface area (Å²) in [5.74, 6) is 0.906. The van der Waals surface area contributed by atoms with Crippen LogP contribution in [0.2, 0.25) is 0 Å². The first kappa shape index (κ1) is 19.5. The first-order chi connectivity index (χ1) is 12.3. The fraction of sp³-hybridized carbons (Fsp3) is 0.455. The monoisotopic (exact) mass is 340 g/mol. The molecule has 0 aliphatic rings. The molecule has 3 nitrogen and oxygen atoms in total. The maximum Gasteiger partial charge on any atom is 0.118 e. The van der Waals surface area contributed by atoms with Crippen LogP contribution in [0.1, 0.15) is 37.4 Å². The van der Waals surface area contributed by atoms with Gasteiger partial charge in [0, 0.05) is 6.04 Å². The van der Waals surface area contributed by atoms with E-state index in [-0.39, 0.29) is 0 Å². The van der Waals surface area contributed by atoms with Crippen LogP contribution < -0.4 is 10.1 Å². The normalized spacial score (nSPS) is 12.3. The summed E-state index contributed by atoms with van der Waals surface area (Å²) in [5.41, 5.74) is 2.67. The van der Waals surface area contributed by atoms with E-state index in [2.05, 4.69) is 66.5 Å². The molecule has 0 saturated carbocycles. The SMILES string of the molecule is CCN(CC)CCCN[C@@H](Cc1ccccc1)c1ccc(OC)cc1. The fourth-order valence-electron chi connectivity index (χ4n) is 3.11. The second-order valence-electron chi connectivity index (χ2n) is 6.35. The van der Waals surface area contributed by atoms with Crippen molar-refractivity contribution in [3.05, 3.63) is 65.7 Å². The molecule has 0 bridgehead atoms. The van der Waals surface area contributed by atoms with E-state index >= 15 is 0 Å². The number of nitrogens with zero attached hydrogens (tertiary/aromatic N) is 1. The van der Waals surface area contributed by atoms with E-state index < -0.39 is 0 Å². The second kappa shape index (κ2) is 10.9. The van der Waals surface area contributed by atoms with E-state index in [0.717, 1.165) is 38.3 Å². The maximum atomic E-state index is 5.29. The molecule has 1 N–H and O–H groups in total. The zero-order valence-electron chi connectivity index (χ0n) is 15.9. The summed E-state index contributed by atoms with van der Waals surface area (Å²) in [7, 11) is 1.71. The zero-order chi connectivity index (χ0) is 17.9. The van der Waals surface area contributed by atoms with Gasteiger partial charge in [0.1, 0.15) is 5.75 Å². The molecule has 0 heterocycles. The van der Waals surface area contributed by atoms with Crippen molar-refractivity contribution in [2.24, 2.45) is 0 Å². The van der Waals surface area contributed by atoms with E-state index in [1.165, 1.54) is 17.5 Å². The topological polar surface area (TPSA) is 24.5 Å². The van der Waals surface area contributed by atoms with Gasteiger partial charge in [-0.2, -0.15) is 0 Å². The average Bonchev–Trinajstić information content (AvgIpc) is 2.68. The van der Waals surface area contributed by atoms with E-state index in [1.807, 2.05) is 12.1 Å². The summed E-state index contributed by atoms with van der Waals surface area (Å²) in [5, 5.41) is 3.76.